The highest BCUT2D eigenvalue weighted by molar-refractivity contribution is 5.95. The van der Waals surface area contributed by atoms with E-state index in [-0.39, 0.29) is 17.5 Å². The van der Waals surface area contributed by atoms with Crippen LogP contribution in [0.5, 0.6) is 0 Å². The molecule has 1 aliphatic rings. The zero-order chi connectivity index (χ0) is 21.6. The van der Waals surface area contributed by atoms with Gasteiger partial charge in [0.05, 0.1) is 0 Å². The molecule has 0 spiro atoms. The van der Waals surface area contributed by atoms with Crippen molar-refractivity contribution in [3.63, 3.8) is 0 Å². The minimum absolute atomic E-state index is 0.120. The van der Waals surface area contributed by atoms with Crippen LogP contribution in [0.25, 0.3) is 0 Å². The SMILES string of the molecule is CCC(C)(C)NC(=O)c1ccc(NC(=O)NCCc2nnc3n2CCCCC3)cc1. The van der Waals surface area contributed by atoms with E-state index in [9.17, 15) is 9.59 Å². The lowest BCUT2D eigenvalue weighted by Gasteiger charge is -2.24. The lowest BCUT2D eigenvalue weighted by molar-refractivity contribution is 0.0911. The minimum atomic E-state index is -0.282. The lowest BCUT2D eigenvalue weighted by atomic mass is 10.0. The maximum atomic E-state index is 12.3. The normalized spacial score (nSPS) is 13.8. The number of hydrogen-bond acceptors (Lipinski definition) is 4. The summed E-state index contributed by atoms with van der Waals surface area (Å²) in [6.07, 6.45) is 6.00. The van der Waals surface area contributed by atoms with Gasteiger partial charge in [0, 0.05) is 42.7 Å². The van der Waals surface area contributed by atoms with E-state index in [0.29, 0.717) is 24.2 Å². The number of rotatable bonds is 7. The Morgan fingerprint density at radius 1 is 1.10 bits per heavy atom. The third-order valence-electron chi connectivity index (χ3n) is 5.56. The Balaban J connectivity index is 1.46. The number of carbonyl (C=O) groups excluding carboxylic acids is 2. The maximum absolute atomic E-state index is 12.3. The van der Waals surface area contributed by atoms with Crippen LogP contribution in [-0.2, 0) is 19.4 Å². The standard InChI is InChI=1S/C22H32N6O2/c1-4-22(2,3)25-20(29)16-9-11-17(12-10-16)24-21(30)23-14-13-19-27-26-18-8-6-5-7-15-28(18)19/h9-12H,4-8,13-15H2,1-3H3,(H,25,29)(H2,23,24,30). The summed E-state index contributed by atoms with van der Waals surface area (Å²) in [6, 6.07) is 6.59. The molecule has 0 aliphatic carbocycles. The molecule has 0 unspecified atom stereocenters. The first kappa shape index (κ1) is 21.8. The average Bonchev–Trinajstić information content (AvgIpc) is 2.94. The summed E-state index contributed by atoms with van der Waals surface area (Å²) in [5, 5.41) is 17.2. The molecule has 0 saturated heterocycles. The largest absolute Gasteiger partial charge is 0.347 e. The molecule has 0 saturated carbocycles. The highest BCUT2D eigenvalue weighted by Gasteiger charge is 2.19. The molecule has 1 aromatic heterocycles. The Morgan fingerprint density at radius 3 is 2.60 bits per heavy atom. The second-order valence-electron chi connectivity index (χ2n) is 8.39. The van der Waals surface area contributed by atoms with E-state index in [1.165, 1.54) is 6.42 Å². The van der Waals surface area contributed by atoms with Crippen LogP contribution in [0.1, 0.15) is 68.5 Å². The highest BCUT2D eigenvalue weighted by atomic mass is 16.2. The molecule has 8 heteroatoms. The summed E-state index contributed by atoms with van der Waals surface area (Å²) in [7, 11) is 0. The van der Waals surface area contributed by atoms with Gasteiger partial charge in [0.1, 0.15) is 11.6 Å². The molecule has 0 radical (unpaired) electrons. The second-order valence-corrected chi connectivity index (χ2v) is 8.39. The van der Waals surface area contributed by atoms with Crippen molar-refractivity contribution >= 4 is 17.6 Å². The van der Waals surface area contributed by atoms with Gasteiger partial charge in [-0.25, -0.2) is 4.79 Å². The van der Waals surface area contributed by atoms with Gasteiger partial charge >= 0.3 is 6.03 Å². The monoisotopic (exact) mass is 412 g/mol. The Labute approximate surface area is 177 Å². The fourth-order valence-corrected chi connectivity index (χ4v) is 3.37. The summed E-state index contributed by atoms with van der Waals surface area (Å²) in [5.41, 5.74) is 0.946. The van der Waals surface area contributed by atoms with E-state index in [1.807, 2.05) is 20.8 Å². The molecular formula is C22H32N6O2. The smallest absolute Gasteiger partial charge is 0.319 e. The second kappa shape index (κ2) is 9.73. The average molecular weight is 413 g/mol. The van der Waals surface area contributed by atoms with Crippen molar-refractivity contribution in [1.82, 2.24) is 25.4 Å². The fourth-order valence-electron chi connectivity index (χ4n) is 3.37. The molecule has 0 fully saturated rings. The topological polar surface area (TPSA) is 101 Å². The van der Waals surface area contributed by atoms with Crippen molar-refractivity contribution in [2.75, 3.05) is 11.9 Å². The number of carbonyl (C=O) groups is 2. The highest BCUT2D eigenvalue weighted by Crippen LogP contribution is 2.15. The number of aromatic nitrogens is 3. The molecule has 30 heavy (non-hydrogen) atoms. The van der Waals surface area contributed by atoms with E-state index in [2.05, 4.69) is 30.7 Å². The minimum Gasteiger partial charge on any atom is -0.347 e. The van der Waals surface area contributed by atoms with Gasteiger partial charge in [0.15, 0.2) is 0 Å². The Bertz CT molecular complexity index is 872. The van der Waals surface area contributed by atoms with Crippen molar-refractivity contribution in [2.24, 2.45) is 0 Å². The van der Waals surface area contributed by atoms with Crippen LogP contribution in [0.2, 0.25) is 0 Å². The van der Waals surface area contributed by atoms with E-state index in [4.69, 9.17) is 0 Å². The summed E-state index contributed by atoms with van der Waals surface area (Å²) < 4.78 is 2.19. The van der Waals surface area contributed by atoms with Crippen molar-refractivity contribution in [1.29, 1.82) is 0 Å². The van der Waals surface area contributed by atoms with Crippen LogP contribution >= 0.6 is 0 Å². The Kier molecular flexibility index (Phi) is 7.07. The number of hydrogen-bond donors (Lipinski definition) is 3. The first-order valence-electron chi connectivity index (χ1n) is 10.8. The number of amides is 3. The third-order valence-corrected chi connectivity index (χ3v) is 5.56. The van der Waals surface area contributed by atoms with Gasteiger partial charge in [-0.2, -0.15) is 0 Å². The van der Waals surface area contributed by atoms with Crippen molar-refractivity contribution in [3.05, 3.63) is 41.5 Å². The van der Waals surface area contributed by atoms with Gasteiger partial charge < -0.3 is 20.5 Å². The molecule has 3 rings (SSSR count). The molecule has 1 aromatic carbocycles. The predicted octanol–water partition coefficient (Wildman–Crippen LogP) is 3.29. The van der Waals surface area contributed by atoms with Crippen LogP contribution in [0.15, 0.2) is 24.3 Å². The maximum Gasteiger partial charge on any atom is 0.319 e. The molecule has 3 N–H and O–H groups in total. The van der Waals surface area contributed by atoms with E-state index >= 15 is 0 Å². The summed E-state index contributed by atoms with van der Waals surface area (Å²) in [4.78, 5) is 24.5. The summed E-state index contributed by atoms with van der Waals surface area (Å²) in [6.45, 7) is 7.45. The molecule has 0 atom stereocenters. The van der Waals surface area contributed by atoms with Crippen LogP contribution < -0.4 is 16.0 Å². The number of urea groups is 1. The van der Waals surface area contributed by atoms with Gasteiger partial charge in [-0.05, 0) is 57.4 Å². The van der Waals surface area contributed by atoms with Gasteiger partial charge in [-0.3, -0.25) is 4.79 Å². The van der Waals surface area contributed by atoms with E-state index in [1.54, 1.807) is 24.3 Å². The molecular weight excluding hydrogens is 380 g/mol. The van der Waals surface area contributed by atoms with Crippen molar-refractivity contribution in [3.8, 4) is 0 Å². The lowest BCUT2D eigenvalue weighted by Crippen LogP contribution is -2.42. The molecule has 1 aliphatic heterocycles. The zero-order valence-corrected chi connectivity index (χ0v) is 18.1. The number of aryl methyl sites for hydroxylation is 1. The fraction of sp³-hybridized carbons (Fsp3) is 0.545. The predicted molar refractivity (Wildman–Crippen MR) is 117 cm³/mol. The van der Waals surface area contributed by atoms with Crippen LogP contribution in [-0.4, -0.2) is 38.8 Å². The van der Waals surface area contributed by atoms with E-state index < -0.39 is 0 Å². The number of nitrogens with one attached hydrogen (secondary N) is 3. The van der Waals surface area contributed by atoms with Gasteiger partial charge in [-0.1, -0.05) is 13.3 Å². The first-order valence-corrected chi connectivity index (χ1v) is 10.8. The molecule has 0 bridgehead atoms. The Morgan fingerprint density at radius 2 is 1.87 bits per heavy atom. The number of anilines is 1. The quantitative estimate of drug-likeness (QED) is 0.649. The molecule has 3 amide bonds. The van der Waals surface area contributed by atoms with Gasteiger partial charge in [-0.15, -0.1) is 10.2 Å². The zero-order valence-electron chi connectivity index (χ0n) is 18.1. The van der Waals surface area contributed by atoms with Crippen LogP contribution in [0, 0.1) is 0 Å². The number of fused-ring (bicyclic) bond motifs is 1. The van der Waals surface area contributed by atoms with Crippen molar-refractivity contribution < 1.29 is 9.59 Å². The summed E-state index contributed by atoms with van der Waals surface area (Å²) >= 11 is 0. The van der Waals surface area contributed by atoms with Gasteiger partial charge in [0.25, 0.3) is 5.91 Å². The Hall–Kier alpha value is -2.90. The molecule has 162 valence electrons. The van der Waals surface area contributed by atoms with Crippen LogP contribution in [0.4, 0.5) is 10.5 Å². The van der Waals surface area contributed by atoms with Crippen molar-refractivity contribution in [2.45, 2.75) is 71.4 Å². The first-order chi connectivity index (χ1) is 14.4. The molecule has 2 heterocycles. The summed E-state index contributed by atoms with van der Waals surface area (Å²) in [5.74, 6) is 1.86. The molecule has 2 aromatic rings. The third kappa shape index (κ3) is 5.81. The molecule has 8 nitrogen and oxygen atoms in total. The van der Waals surface area contributed by atoms with E-state index in [0.717, 1.165) is 43.9 Å². The van der Waals surface area contributed by atoms with Crippen LogP contribution in [0.3, 0.4) is 0 Å². The van der Waals surface area contributed by atoms with Gasteiger partial charge in [0.2, 0.25) is 0 Å². The number of nitrogens with zero attached hydrogens (tertiary/aromatic N) is 3. The number of benzene rings is 1.